The number of anilines is 1. The van der Waals surface area contributed by atoms with E-state index >= 15 is 0 Å². The van der Waals surface area contributed by atoms with Crippen LogP contribution in [0.25, 0.3) is 0 Å². The molecule has 1 unspecified atom stereocenters. The second-order valence-electron chi connectivity index (χ2n) is 4.47. The highest BCUT2D eigenvalue weighted by atomic mass is 32.1. The van der Waals surface area contributed by atoms with Crippen LogP contribution in [0.2, 0.25) is 0 Å². The minimum Gasteiger partial charge on any atom is -0.337 e. The van der Waals surface area contributed by atoms with Crippen molar-refractivity contribution in [1.29, 1.82) is 0 Å². The van der Waals surface area contributed by atoms with Gasteiger partial charge in [-0.2, -0.15) is 0 Å². The molecule has 2 aromatic rings. The number of hydrogen-bond donors (Lipinski definition) is 3. The molecule has 0 radical (unpaired) electrons. The Morgan fingerprint density at radius 3 is 3.05 bits per heavy atom. The molecule has 0 aliphatic heterocycles. The maximum absolute atomic E-state index is 11.8. The molecule has 0 bridgehead atoms. The van der Waals surface area contributed by atoms with E-state index in [9.17, 15) is 4.79 Å². The van der Waals surface area contributed by atoms with E-state index in [0.717, 1.165) is 22.7 Å². The highest BCUT2D eigenvalue weighted by Gasteiger charge is 2.04. The Bertz CT molecular complexity index is 554. The maximum Gasteiger partial charge on any atom is 0.319 e. The molecule has 0 aliphatic rings. The van der Waals surface area contributed by atoms with Crippen molar-refractivity contribution in [2.24, 2.45) is 5.73 Å². The first-order valence-electron chi connectivity index (χ1n) is 6.44. The molecule has 1 aromatic heterocycles. The second kappa shape index (κ2) is 7.02. The van der Waals surface area contributed by atoms with Crippen LogP contribution in [0.1, 0.15) is 23.5 Å². The second-order valence-corrected chi connectivity index (χ2v) is 5.45. The molecular weight excluding hydrogens is 272 g/mol. The Labute approximate surface area is 122 Å². The van der Waals surface area contributed by atoms with Gasteiger partial charge in [0.2, 0.25) is 0 Å². The van der Waals surface area contributed by atoms with Crippen LogP contribution in [-0.2, 0) is 6.42 Å². The van der Waals surface area contributed by atoms with Crippen LogP contribution < -0.4 is 16.4 Å². The van der Waals surface area contributed by atoms with E-state index in [4.69, 9.17) is 5.73 Å². The summed E-state index contributed by atoms with van der Waals surface area (Å²) in [5.74, 6) is 0. The number of benzene rings is 1. The summed E-state index contributed by atoms with van der Waals surface area (Å²) < 4.78 is 0. The molecule has 106 valence electrons. The predicted molar refractivity (Wildman–Crippen MR) is 81.9 cm³/mol. The standard InChI is InChI=1S/C14H18N4OS/c1-10(15)11-3-2-4-12(9-11)18-14(19)17-6-5-13-16-7-8-20-13/h2-4,7-10H,5-6,15H2,1H3,(H2,17,18,19). The summed E-state index contributed by atoms with van der Waals surface area (Å²) in [5.41, 5.74) is 7.55. The Kier molecular flexibility index (Phi) is 5.09. The first-order chi connectivity index (χ1) is 9.65. The molecule has 2 rings (SSSR count). The number of nitrogens with zero attached hydrogens (tertiary/aromatic N) is 1. The van der Waals surface area contributed by atoms with E-state index in [-0.39, 0.29) is 12.1 Å². The average molecular weight is 290 g/mol. The lowest BCUT2D eigenvalue weighted by Crippen LogP contribution is -2.30. The number of thiazole rings is 1. The lowest BCUT2D eigenvalue weighted by Gasteiger charge is -2.10. The third-order valence-electron chi connectivity index (χ3n) is 2.78. The largest absolute Gasteiger partial charge is 0.337 e. The van der Waals surface area contributed by atoms with Crippen molar-refractivity contribution in [3.05, 3.63) is 46.4 Å². The Morgan fingerprint density at radius 2 is 2.35 bits per heavy atom. The van der Waals surface area contributed by atoms with Gasteiger partial charge in [-0.3, -0.25) is 0 Å². The molecule has 0 saturated carbocycles. The monoisotopic (exact) mass is 290 g/mol. The minimum atomic E-state index is -0.219. The fraction of sp³-hybridized carbons (Fsp3) is 0.286. The molecule has 0 aliphatic carbocycles. The van der Waals surface area contributed by atoms with Crippen molar-refractivity contribution < 1.29 is 4.79 Å². The summed E-state index contributed by atoms with van der Waals surface area (Å²) in [7, 11) is 0. The van der Waals surface area contributed by atoms with E-state index in [1.54, 1.807) is 17.5 Å². The van der Waals surface area contributed by atoms with Crippen molar-refractivity contribution in [3.63, 3.8) is 0 Å². The summed E-state index contributed by atoms with van der Waals surface area (Å²) in [4.78, 5) is 15.9. The van der Waals surface area contributed by atoms with Crippen molar-refractivity contribution in [2.45, 2.75) is 19.4 Å². The summed E-state index contributed by atoms with van der Waals surface area (Å²) in [6, 6.07) is 7.27. The van der Waals surface area contributed by atoms with Gasteiger partial charge < -0.3 is 16.4 Å². The molecule has 1 atom stereocenters. The summed E-state index contributed by atoms with van der Waals surface area (Å²) in [6.45, 7) is 2.47. The van der Waals surface area contributed by atoms with Crippen molar-refractivity contribution in [3.8, 4) is 0 Å². The Balaban J connectivity index is 1.80. The lowest BCUT2D eigenvalue weighted by molar-refractivity contribution is 0.252. The zero-order chi connectivity index (χ0) is 14.4. The molecule has 4 N–H and O–H groups in total. The molecule has 1 heterocycles. The summed E-state index contributed by atoms with van der Waals surface area (Å²) >= 11 is 1.59. The van der Waals surface area contributed by atoms with Crippen molar-refractivity contribution >= 4 is 23.1 Å². The number of aromatic nitrogens is 1. The van der Waals surface area contributed by atoms with Crippen molar-refractivity contribution in [1.82, 2.24) is 10.3 Å². The van der Waals surface area contributed by atoms with Crippen LogP contribution in [0.4, 0.5) is 10.5 Å². The fourth-order valence-corrected chi connectivity index (χ4v) is 2.35. The summed E-state index contributed by atoms with van der Waals surface area (Å²) in [5, 5.41) is 8.54. The Hall–Kier alpha value is -1.92. The van der Waals surface area contributed by atoms with E-state index in [1.165, 1.54) is 0 Å². The van der Waals surface area contributed by atoms with Gasteiger partial charge in [0.05, 0.1) is 5.01 Å². The van der Waals surface area contributed by atoms with E-state index in [1.807, 2.05) is 36.6 Å². The van der Waals surface area contributed by atoms with Crippen LogP contribution >= 0.6 is 11.3 Å². The predicted octanol–water partition coefficient (Wildman–Crippen LogP) is 2.53. The van der Waals surface area contributed by atoms with E-state index in [2.05, 4.69) is 15.6 Å². The number of hydrogen-bond acceptors (Lipinski definition) is 4. The average Bonchev–Trinajstić information content (AvgIpc) is 2.92. The first kappa shape index (κ1) is 14.5. The number of nitrogens with one attached hydrogen (secondary N) is 2. The topological polar surface area (TPSA) is 80.0 Å². The van der Waals surface area contributed by atoms with Gasteiger partial charge in [0.15, 0.2) is 0 Å². The van der Waals surface area contributed by atoms with Gasteiger partial charge >= 0.3 is 6.03 Å². The van der Waals surface area contributed by atoms with Gasteiger partial charge in [0.25, 0.3) is 0 Å². The molecule has 2 amide bonds. The number of rotatable bonds is 5. The first-order valence-corrected chi connectivity index (χ1v) is 7.32. The SMILES string of the molecule is CC(N)c1cccc(NC(=O)NCCc2nccs2)c1. The van der Waals surface area contributed by atoms with Crippen LogP contribution in [-0.4, -0.2) is 17.6 Å². The number of carbonyl (C=O) groups excluding carboxylic acids is 1. The quantitative estimate of drug-likeness (QED) is 0.791. The molecule has 5 nitrogen and oxygen atoms in total. The zero-order valence-electron chi connectivity index (χ0n) is 11.3. The molecular formula is C14H18N4OS. The van der Waals surface area contributed by atoms with Gasteiger partial charge in [-0.25, -0.2) is 9.78 Å². The highest BCUT2D eigenvalue weighted by molar-refractivity contribution is 7.09. The third-order valence-corrected chi connectivity index (χ3v) is 3.62. The smallest absolute Gasteiger partial charge is 0.319 e. The lowest BCUT2D eigenvalue weighted by atomic mass is 10.1. The summed E-state index contributed by atoms with van der Waals surface area (Å²) in [6.07, 6.45) is 2.50. The fourth-order valence-electron chi connectivity index (χ4n) is 1.73. The number of carbonyl (C=O) groups is 1. The van der Waals surface area contributed by atoms with E-state index < -0.39 is 0 Å². The van der Waals surface area contributed by atoms with Gasteiger partial charge in [-0.15, -0.1) is 11.3 Å². The van der Waals surface area contributed by atoms with Crippen LogP contribution in [0.5, 0.6) is 0 Å². The molecule has 1 aromatic carbocycles. The molecule has 20 heavy (non-hydrogen) atoms. The Morgan fingerprint density at radius 1 is 1.50 bits per heavy atom. The molecule has 0 fully saturated rings. The molecule has 0 spiro atoms. The van der Waals surface area contributed by atoms with Crippen LogP contribution in [0.3, 0.4) is 0 Å². The molecule has 0 saturated heterocycles. The number of amides is 2. The van der Waals surface area contributed by atoms with E-state index in [0.29, 0.717) is 6.54 Å². The number of nitrogens with two attached hydrogens (primary N) is 1. The normalized spacial score (nSPS) is 11.9. The van der Waals surface area contributed by atoms with Crippen LogP contribution in [0.15, 0.2) is 35.8 Å². The maximum atomic E-state index is 11.8. The van der Waals surface area contributed by atoms with Crippen molar-refractivity contribution in [2.75, 3.05) is 11.9 Å². The van der Waals surface area contributed by atoms with Gasteiger partial charge in [-0.05, 0) is 24.6 Å². The van der Waals surface area contributed by atoms with Gasteiger partial charge in [-0.1, -0.05) is 12.1 Å². The number of urea groups is 1. The molecule has 6 heteroatoms. The van der Waals surface area contributed by atoms with Crippen LogP contribution in [0, 0.1) is 0 Å². The minimum absolute atomic E-state index is 0.0512. The van der Waals surface area contributed by atoms with Gasteiger partial charge in [0, 0.05) is 36.3 Å². The van der Waals surface area contributed by atoms with Gasteiger partial charge in [0.1, 0.15) is 0 Å². The third kappa shape index (κ3) is 4.32. The zero-order valence-corrected chi connectivity index (χ0v) is 12.1. The highest BCUT2D eigenvalue weighted by Crippen LogP contribution is 2.15.